The first-order chi connectivity index (χ1) is 13.8. The van der Waals surface area contributed by atoms with Crippen molar-refractivity contribution in [1.82, 2.24) is 24.4 Å². The van der Waals surface area contributed by atoms with Crippen LogP contribution in [0.5, 0.6) is 0 Å². The van der Waals surface area contributed by atoms with E-state index in [1.165, 1.54) is 5.56 Å². The molecule has 0 saturated carbocycles. The zero-order valence-electron chi connectivity index (χ0n) is 15.5. The Morgan fingerprint density at radius 1 is 1.04 bits per heavy atom. The summed E-state index contributed by atoms with van der Waals surface area (Å²) in [6, 6.07) is 14.7. The van der Waals surface area contributed by atoms with Gasteiger partial charge in [-0.15, -0.1) is 5.10 Å². The molecule has 1 N–H and O–H groups in total. The molecule has 1 aromatic carbocycles. The largest absolute Gasteiger partial charge is 0.381 e. The van der Waals surface area contributed by atoms with Crippen LogP contribution in [-0.4, -0.2) is 43.6 Å². The van der Waals surface area contributed by atoms with Gasteiger partial charge >= 0.3 is 0 Å². The van der Waals surface area contributed by atoms with Crippen LogP contribution in [0.25, 0.3) is 16.9 Å². The van der Waals surface area contributed by atoms with Crippen molar-refractivity contribution in [3.63, 3.8) is 0 Å². The summed E-state index contributed by atoms with van der Waals surface area (Å²) in [4.78, 5) is 4.49. The Morgan fingerprint density at radius 2 is 1.89 bits per heavy atom. The van der Waals surface area contributed by atoms with Crippen LogP contribution in [0, 0.1) is 0 Å². The highest BCUT2D eigenvalue weighted by Crippen LogP contribution is 2.21. The summed E-state index contributed by atoms with van der Waals surface area (Å²) in [5, 5.41) is 12.8. The Bertz CT molecular complexity index is 1060. The number of imidazole rings is 1. The third-order valence-electron chi connectivity index (χ3n) is 5.05. The Hall–Kier alpha value is -3.19. The van der Waals surface area contributed by atoms with Gasteiger partial charge in [0.2, 0.25) is 0 Å². The molecule has 4 heterocycles. The van der Waals surface area contributed by atoms with Crippen LogP contribution in [0.2, 0.25) is 0 Å². The standard InChI is InChI=1S/C21H22N6O/c1-2-4-16(5-3-1)14-26-15-17(12-23-26)19-13-22-21-7-6-20(25-27(19)21)24-18-8-10-28-11-9-18/h1-7,12-13,15,18H,8-11,14H2,(H,24,25). The number of nitrogens with one attached hydrogen (secondary N) is 1. The summed E-state index contributed by atoms with van der Waals surface area (Å²) < 4.78 is 9.25. The molecule has 4 aromatic rings. The second-order valence-corrected chi connectivity index (χ2v) is 7.08. The van der Waals surface area contributed by atoms with Crippen LogP contribution in [0.3, 0.4) is 0 Å². The van der Waals surface area contributed by atoms with E-state index in [1.807, 2.05) is 58.1 Å². The van der Waals surface area contributed by atoms with E-state index in [4.69, 9.17) is 9.84 Å². The third kappa shape index (κ3) is 3.48. The van der Waals surface area contributed by atoms with Gasteiger partial charge in [-0.25, -0.2) is 9.50 Å². The molecular formula is C21H22N6O. The summed E-state index contributed by atoms with van der Waals surface area (Å²) in [5.41, 5.74) is 3.98. The van der Waals surface area contributed by atoms with E-state index in [0.29, 0.717) is 6.04 Å². The second kappa shape index (κ2) is 7.44. The lowest BCUT2D eigenvalue weighted by atomic mass is 10.1. The first-order valence-electron chi connectivity index (χ1n) is 9.61. The van der Waals surface area contributed by atoms with Crippen LogP contribution in [-0.2, 0) is 11.3 Å². The molecule has 1 fully saturated rings. The molecule has 0 spiro atoms. The summed E-state index contributed by atoms with van der Waals surface area (Å²) >= 11 is 0. The van der Waals surface area contributed by atoms with E-state index in [0.717, 1.165) is 55.3 Å². The number of aromatic nitrogens is 5. The van der Waals surface area contributed by atoms with Crippen molar-refractivity contribution in [1.29, 1.82) is 0 Å². The van der Waals surface area contributed by atoms with E-state index in [-0.39, 0.29) is 0 Å². The van der Waals surface area contributed by atoms with Gasteiger partial charge < -0.3 is 10.1 Å². The van der Waals surface area contributed by atoms with E-state index in [9.17, 15) is 0 Å². The average Bonchev–Trinajstić information content (AvgIpc) is 3.36. The van der Waals surface area contributed by atoms with Gasteiger partial charge in [-0.05, 0) is 30.5 Å². The number of rotatable bonds is 5. The maximum atomic E-state index is 5.43. The molecule has 0 bridgehead atoms. The fourth-order valence-electron chi connectivity index (χ4n) is 3.55. The molecular weight excluding hydrogens is 352 g/mol. The molecule has 5 rings (SSSR count). The highest BCUT2D eigenvalue weighted by Gasteiger charge is 2.15. The number of anilines is 1. The zero-order chi connectivity index (χ0) is 18.8. The fourth-order valence-corrected chi connectivity index (χ4v) is 3.55. The molecule has 0 unspecified atom stereocenters. The van der Waals surface area contributed by atoms with Crippen LogP contribution in [0.4, 0.5) is 5.82 Å². The average molecular weight is 374 g/mol. The van der Waals surface area contributed by atoms with Gasteiger partial charge in [0, 0.05) is 31.0 Å². The van der Waals surface area contributed by atoms with Crippen molar-refractivity contribution in [2.45, 2.75) is 25.4 Å². The SMILES string of the molecule is c1ccc(Cn2cc(-c3cnc4ccc(NC5CCOCC5)nn34)cn2)cc1. The van der Waals surface area contributed by atoms with Gasteiger partial charge in [0.15, 0.2) is 5.65 Å². The lowest BCUT2D eigenvalue weighted by Gasteiger charge is -2.23. The normalized spacial score (nSPS) is 15.1. The third-order valence-corrected chi connectivity index (χ3v) is 5.05. The molecule has 7 nitrogen and oxygen atoms in total. The lowest BCUT2D eigenvalue weighted by Crippen LogP contribution is -2.28. The molecule has 1 aliphatic rings. The van der Waals surface area contributed by atoms with Crippen LogP contribution in [0.15, 0.2) is 61.1 Å². The van der Waals surface area contributed by atoms with Gasteiger partial charge in [0.1, 0.15) is 5.82 Å². The summed E-state index contributed by atoms with van der Waals surface area (Å²) in [6.45, 7) is 2.34. The second-order valence-electron chi connectivity index (χ2n) is 7.08. The van der Waals surface area contributed by atoms with E-state index in [1.54, 1.807) is 0 Å². The van der Waals surface area contributed by atoms with E-state index < -0.39 is 0 Å². The zero-order valence-corrected chi connectivity index (χ0v) is 15.5. The molecule has 3 aromatic heterocycles. The van der Waals surface area contributed by atoms with Crippen molar-refractivity contribution in [3.8, 4) is 11.3 Å². The number of ether oxygens (including phenoxy) is 1. The molecule has 0 radical (unpaired) electrons. The molecule has 142 valence electrons. The van der Waals surface area contributed by atoms with Crippen LogP contribution >= 0.6 is 0 Å². The number of nitrogens with zero attached hydrogens (tertiary/aromatic N) is 5. The predicted molar refractivity (Wildman–Crippen MR) is 107 cm³/mol. The Kier molecular flexibility index (Phi) is 4.50. The minimum Gasteiger partial charge on any atom is -0.381 e. The van der Waals surface area contributed by atoms with Crippen molar-refractivity contribution < 1.29 is 4.74 Å². The highest BCUT2D eigenvalue weighted by atomic mass is 16.5. The molecule has 28 heavy (non-hydrogen) atoms. The molecule has 7 heteroatoms. The Morgan fingerprint density at radius 3 is 2.75 bits per heavy atom. The van der Waals surface area contributed by atoms with Crippen molar-refractivity contribution in [2.24, 2.45) is 0 Å². The molecule has 0 atom stereocenters. The molecule has 1 aliphatic heterocycles. The number of hydrogen-bond donors (Lipinski definition) is 1. The van der Waals surface area contributed by atoms with Gasteiger partial charge in [-0.1, -0.05) is 30.3 Å². The number of fused-ring (bicyclic) bond motifs is 1. The maximum Gasteiger partial charge on any atom is 0.154 e. The minimum atomic E-state index is 0.402. The summed E-state index contributed by atoms with van der Waals surface area (Å²) in [5.74, 6) is 0.857. The van der Waals surface area contributed by atoms with Gasteiger partial charge in [-0.3, -0.25) is 4.68 Å². The minimum absolute atomic E-state index is 0.402. The van der Waals surface area contributed by atoms with Gasteiger partial charge in [0.05, 0.1) is 24.6 Å². The smallest absolute Gasteiger partial charge is 0.154 e. The highest BCUT2D eigenvalue weighted by molar-refractivity contribution is 5.62. The number of benzene rings is 1. The number of hydrogen-bond acceptors (Lipinski definition) is 5. The van der Waals surface area contributed by atoms with Crippen LogP contribution in [0.1, 0.15) is 18.4 Å². The summed E-state index contributed by atoms with van der Waals surface area (Å²) in [6.07, 6.45) is 7.76. The van der Waals surface area contributed by atoms with Crippen LogP contribution < -0.4 is 5.32 Å². The molecule has 0 amide bonds. The Labute approximate surface area is 163 Å². The topological polar surface area (TPSA) is 69.3 Å². The van der Waals surface area contributed by atoms with Gasteiger partial charge in [-0.2, -0.15) is 5.10 Å². The maximum absolute atomic E-state index is 5.43. The first kappa shape index (κ1) is 16.9. The fraction of sp³-hybridized carbons (Fsp3) is 0.286. The molecule has 1 saturated heterocycles. The quantitative estimate of drug-likeness (QED) is 0.581. The van der Waals surface area contributed by atoms with Crippen molar-refractivity contribution in [3.05, 3.63) is 66.6 Å². The molecule has 0 aliphatic carbocycles. The van der Waals surface area contributed by atoms with Crippen molar-refractivity contribution >= 4 is 11.5 Å². The summed E-state index contributed by atoms with van der Waals surface area (Å²) in [7, 11) is 0. The monoisotopic (exact) mass is 374 g/mol. The van der Waals surface area contributed by atoms with Gasteiger partial charge in [0.25, 0.3) is 0 Å². The van der Waals surface area contributed by atoms with Crippen molar-refractivity contribution in [2.75, 3.05) is 18.5 Å². The van der Waals surface area contributed by atoms with E-state index >= 15 is 0 Å². The first-order valence-corrected chi connectivity index (χ1v) is 9.61. The predicted octanol–water partition coefficient (Wildman–Crippen LogP) is 3.23. The lowest BCUT2D eigenvalue weighted by molar-refractivity contribution is 0.0903. The van der Waals surface area contributed by atoms with E-state index in [2.05, 4.69) is 27.5 Å². The Balaban J connectivity index is 1.40.